The predicted octanol–water partition coefficient (Wildman–Crippen LogP) is 2.69. The summed E-state index contributed by atoms with van der Waals surface area (Å²) in [7, 11) is 0. The fourth-order valence-corrected chi connectivity index (χ4v) is 2.47. The van der Waals surface area contributed by atoms with Crippen molar-refractivity contribution in [2.45, 2.75) is 37.3 Å². The Morgan fingerprint density at radius 1 is 1.21 bits per heavy atom. The van der Waals surface area contributed by atoms with Gasteiger partial charge < -0.3 is 10.4 Å². The van der Waals surface area contributed by atoms with Crippen molar-refractivity contribution in [3.05, 3.63) is 30.3 Å². The Balaban J connectivity index is 2.59. The minimum Gasteiger partial charge on any atom is -0.396 e. The van der Waals surface area contributed by atoms with E-state index in [9.17, 15) is 9.90 Å². The highest BCUT2D eigenvalue weighted by Gasteiger charge is 2.30. The lowest BCUT2D eigenvalue weighted by molar-refractivity contribution is -0.123. The number of benzene rings is 1. The Labute approximate surface area is 119 Å². The lowest BCUT2D eigenvalue weighted by Gasteiger charge is -2.27. The second-order valence-corrected chi connectivity index (χ2v) is 7.63. The molecule has 4 heteroatoms. The van der Waals surface area contributed by atoms with Crippen LogP contribution in [0.25, 0.3) is 0 Å². The average Bonchev–Trinajstić information content (AvgIpc) is 2.36. The first-order chi connectivity index (χ1) is 8.77. The highest BCUT2D eigenvalue weighted by Crippen LogP contribution is 2.32. The number of rotatable bonds is 6. The SMILES string of the molecule is CC(C)(CO)CNC(=O)C(C)(C)Sc1ccccc1. The van der Waals surface area contributed by atoms with Crippen LogP contribution in [-0.2, 0) is 4.79 Å². The number of amides is 1. The fourth-order valence-electron chi connectivity index (χ4n) is 1.42. The predicted molar refractivity (Wildman–Crippen MR) is 80.3 cm³/mol. The maximum absolute atomic E-state index is 12.2. The summed E-state index contributed by atoms with van der Waals surface area (Å²) in [5.41, 5.74) is -0.289. The minimum absolute atomic E-state index is 0.0112. The number of hydrogen-bond donors (Lipinski definition) is 2. The van der Waals surface area contributed by atoms with Crippen molar-refractivity contribution in [2.24, 2.45) is 5.41 Å². The van der Waals surface area contributed by atoms with Crippen LogP contribution in [0.1, 0.15) is 27.7 Å². The van der Waals surface area contributed by atoms with E-state index in [-0.39, 0.29) is 17.9 Å². The summed E-state index contributed by atoms with van der Waals surface area (Å²) in [4.78, 5) is 13.3. The molecule has 0 aliphatic rings. The molecule has 0 fully saturated rings. The quantitative estimate of drug-likeness (QED) is 0.788. The van der Waals surface area contributed by atoms with Gasteiger partial charge in [0.05, 0.1) is 4.75 Å². The van der Waals surface area contributed by atoms with Gasteiger partial charge in [0.25, 0.3) is 0 Å². The van der Waals surface area contributed by atoms with Gasteiger partial charge in [-0.2, -0.15) is 0 Å². The molecule has 3 nitrogen and oxygen atoms in total. The summed E-state index contributed by atoms with van der Waals surface area (Å²) in [5, 5.41) is 12.1. The van der Waals surface area contributed by atoms with Gasteiger partial charge in [-0.3, -0.25) is 4.79 Å². The first-order valence-electron chi connectivity index (χ1n) is 6.40. The molecule has 0 saturated carbocycles. The maximum Gasteiger partial charge on any atom is 0.236 e. The lowest BCUT2D eigenvalue weighted by atomic mass is 9.95. The van der Waals surface area contributed by atoms with Crippen LogP contribution >= 0.6 is 11.8 Å². The summed E-state index contributed by atoms with van der Waals surface area (Å²) >= 11 is 1.54. The lowest BCUT2D eigenvalue weighted by Crippen LogP contribution is -2.44. The van der Waals surface area contributed by atoms with Gasteiger partial charge in [-0.05, 0) is 26.0 Å². The van der Waals surface area contributed by atoms with E-state index in [1.165, 1.54) is 11.8 Å². The highest BCUT2D eigenvalue weighted by atomic mass is 32.2. The van der Waals surface area contributed by atoms with Gasteiger partial charge in [-0.25, -0.2) is 0 Å². The molecule has 1 rings (SSSR count). The van der Waals surface area contributed by atoms with E-state index in [0.29, 0.717) is 6.54 Å². The molecule has 0 atom stereocenters. The van der Waals surface area contributed by atoms with Crippen LogP contribution in [-0.4, -0.2) is 28.9 Å². The summed E-state index contributed by atoms with van der Waals surface area (Å²) < 4.78 is -0.535. The van der Waals surface area contributed by atoms with Crippen molar-refractivity contribution >= 4 is 17.7 Å². The van der Waals surface area contributed by atoms with Gasteiger partial charge in [0.2, 0.25) is 5.91 Å². The molecule has 0 radical (unpaired) electrons. The summed E-state index contributed by atoms with van der Waals surface area (Å²) in [5.74, 6) is -0.0112. The third kappa shape index (κ3) is 5.25. The number of thioether (sulfide) groups is 1. The van der Waals surface area contributed by atoms with Crippen molar-refractivity contribution in [1.82, 2.24) is 5.32 Å². The summed E-state index contributed by atoms with van der Waals surface area (Å²) in [6.07, 6.45) is 0. The molecule has 1 amide bonds. The third-order valence-electron chi connectivity index (χ3n) is 2.82. The van der Waals surface area contributed by atoms with Gasteiger partial charge in [0.1, 0.15) is 0 Å². The Hall–Kier alpha value is -1.00. The molecule has 1 aromatic carbocycles. The van der Waals surface area contributed by atoms with E-state index in [4.69, 9.17) is 0 Å². The molecule has 106 valence electrons. The standard InChI is InChI=1S/C15H23NO2S/c1-14(2,11-17)10-16-13(18)15(3,4)19-12-8-6-5-7-9-12/h5-9,17H,10-11H2,1-4H3,(H,16,18). The monoisotopic (exact) mass is 281 g/mol. The van der Waals surface area contributed by atoms with E-state index >= 15 is 0 Å². The van der Waals surface area contributed by atoms with E-state index in [1.54, 1.807) is 0 Å². The molecule has 19 heavy (non-hydrogen) atoms. The molecule has 0 heterocycles. The highest BCUT2D eigenvalue weighted by molar-refractivity contribution is 8.01. The van der Waals surface area contributed by atoms with Gasteiger partial charge in [-0.1, -0.05) is 32.0 Å². The summed E-state index contributed by atoms with van der Waals surface area (Å²) in [6, 6.07) is 9.88. The van der Waals surface area contributed by atoms with Crippen LogP contribution in [0, 0.1) is 5.41 Å². The molecule has 0 aromatic heterocycles. The topological polar surface area (TPSA) is 49.3 Å². The van der Waals surface area contributed by atoms with E-state index in [0.717, 1.165) is 4.90 Å². The largest absolute Gasteiger partial charge is 0.396 e. The van der Waals surface area contributed by atoms with Gasteiger partial charge in [0, 0.05) is 23.5 Å². The van der Waals surface area contributed by atoms with E-state index in [1.807, 2.05) is 58.0 Å². The molecule has 0 saturated heterocycles. The number of aliphatic hydroxyl groups excluding tert-OH is 1. The normalized spacial score (nSPS) is 12.3. The van der Waals surface area contributed by atoms with Crippen LogP contribution in [0.15, 0.2) is 35.2 Å². The molecular formula is C15H23NO2S. The van der Waals surface area contributed by atoms with Crippen LogP contribution < -0.4 is 5.32 Å². The zero-order chi connectivity index (χ0) is 14.5. The second kappa shape index (κ2) is 6.44. The molecule has 0 aliphatic carbocycles. The molecule has 0 aliphatic heterocycles. The van der Waals surface area contributed by atoms with Gasteiger partial charge >= 0.3 is 0 Å². The Kier molecular flexibility index (Phi) is 5.44. The van der Waals surface area contributed by atoms with Crippen molar-refractivity contribution in [2.75, 3.05) is 13.2 Å². The molecule has 2 N–H and O–H groups in total. The Bertz CT molecular complexity index is 415. The van der Waals surface area contributed by atoms with Crippen molar-refractivity contribution < 1.29 is 9.90 Å². The van der Waals surface area contributed by atoms with Gasteiger partial charge in [-0.15, -0.1) is 11.8 Å². The Morgan fingerprint density at radius 2 is 1.79 bits per heavy atom. The number of aliphatic hydroxyl groups is 1. The maximum atomic E-state index is 12.2. The number of nitrogens with one attached hydrogen (secondary N) is 1. The van der Waals surface area contributed by atoms with Crippen LogP contribution in [0.5, 0.6) is 0 Å². The fraction of sp³-hybridized carbons (Fsp3) is 0.533. The molecular weight excluding hydrogens is 258 g/mol. The Morgan fingerprint density at radius 3 is 2.32 bits per heavy atom. The second-order valence-electron chi connectivity index (χ2n) is 5.93. The van der Waals surface area contributed by atoms with Crippen molar-refractivity contribution in [1.29, 1.82) is 0 Å². The molecule has 0 unspecified atom stereocenters. The smallest absolute Gasteiger partial charge is 0.236 e. The average molecular weight is 281 g/mol. The number of hydrogen-bond acceptors (Lipinski definition) is 3. The third-order valence-corrected chi connectivity index (χ3v) is 4.02. The number of carbonyl (C=O) groups is 1. The zero-order valence-electron chi connectivity index (χ0n) is 12.1. The van der Waals surface area contributed by atoms with Crippen LogP contribution in [0.3, 0.4) is 0 Å². The van der Waals surface area contributed by atoms with E-state index in [2.05, 4.69) is 5.32 Å². The van der Waals surface area contributed by atoms with Crippen molar-refractivity contribution in [3.8, 4) is 0 Å². The molecule has 0 spiro atoms. The van der Waals surface area contributed by atoms with Crippen LogP contribution in [0.2, 0.25) is 0 Å². The van der Waals surface area contributed by atoms with Crippen molar-refractivity contribution in [3.63, 3.8) is 0 Å². The summed E-state index contributed by atoms with van der Waals surface area (Å²) in [6.45, 7) is 8.19. The molecule has 1 aromatic rings. The van der Waals surface area contributed by atoms with Crippen LogP contribution in [0.4, 0.5) is 0 Å². The van der Waals surface area contributed by atoms with E-state index < -0.39 is 4.75 Å². The first-order valence-corrected chi connectivity index (χ1v) is 7.22. The van der Waals surface area contributed by atoms with Gasteiger partial charge in [0.15, 0.2) is 0 Å². The minimum atomic E-state index is -0.535. The first kappa shape index (κ1) is 16.1. The number of carbonyl (C=O) groups excluding carboxylic acids is 1. The zero-order valence-corrected chi connectivity index (χ0v) is 12.9. The molecule has 0 bridgehead atoms.